The van der Waals surface area contributed by atoms with Crippen LogP contribution in [0.1, 0.15) is 50.5 Å². The fourth-order valence-corrected chi connectivity index (χ4v) is 8.01. The third-order valence-electron chi connectivity index (χ3n) is 7.47. The van der Waals surface area contributed by atoms with Crippen LogP contribution < -0.4 is 10.6 Å². The quantitative estimate of drug-likeness (QED) is 0.731. The van der Waals surface area contributed by atoms with Crippen LogP contribution in [-0.2, 0) is 19.6 Å². The lowest BCUT2D eigenvalue weighted by Crippen LogP contribution is -2.61. The van der Waals surface area contributed by atoms with Crippen LogP contribution in [0.15, 0.2) is 41.6 Å². The zero-order valence-electron chi connectivity index (χ0n) is 17.7. The third-order valence-corrected chi connectivity index (χ3v) is 9.27. The van der Waals surface area contributed by atoms with Gasteiger partial charge in [-0.3, -0.25) is 13.9 Å². The molecule has 5 aliphatic rings. The van der Waals surface area contributed by atoms with Crippen molar-refractivity contribution >= 4 is 21.8 Å². The molecule has 2 amide bonds. The van der Waals surface area contributed by atoms with Gasteiger partial charge in [-0.2, -0.15) is 0 Å². The molecule has 7 nitrogen and oxygen atoms in total. The number of rotatable bonds is 5. The average Bonchev–Trinajstić information content (AvgIpc) is 2.68. The Morgan fingerprint density at radius 1 is 1.10 bits per heavy atom. The topological polar surface area (TPSA) is 95.6 Å². The molecule has 1 atom stereocenters. The lowest BCUT2D eigenvalue weighted by molar-refractivity contribution is -0.132. The third kappa shape index (κ3) is 3.75. The largest absolute Gasteiger partial charge is 0.351 e. The van der Waals surface area contributed by atoms with Gasteiger partial charge in [0.25, 0.3) is 10.0 Å². The van der Waals surface area contributed by atoms with E-state index in [0.717, 1.165) is 29.1 Å². The Kier molecular flexibility index (Phi) is 4.88. The number of amides is 2. The monoisotopic (exact) mass is 443 g/mol. The molecule has 4 bridgehead atoms. The van der Waals surface area contributed by atoms with E-state index in [4.69, 9.17) is 0 Å². The van der Waals surface area contributed by atoms with E-state index >= 15 is 0 Å². The minimum Gasteiger partial charge on any atom is -0.351 e. The van der Waals surface area contributed by atoms with Gasteiger partial charge in [-0.1, -0.05) is 17.7 Å². The second kappa shape index (κ2) is 7.36. The first-order valence-electron chi connectivity index (χ1n) is 11.1. The second-order valence-electron chi connectivity index (χ2n) is 9.94. The predicted molar refractivity (Wildman–Crippen MR) is 115 cm³/mol. The number of nitrogens with one attached hydrogen (secondary N) is 2. The SMILES string of the molecule is Cc1ccc(S(=O)(=O)N2C=CNC(=O)[C@H]2CC(=O)NC23CC4CC(CC(C4)C2)C3)cc1. The highest BCUT2D eigenvalue weighted by molar-refractivity contribution is 7.89. The number of sulfonamides is 1. The Labute approximate surface area is 183 Å². The van der Waals surface area contributed by atoms with Crippen LogP contribution in [0, 0.1) is 24.7 Å². The summed E-state index contributed by atoms with van der Waals surface area (Å²) in [5.74, 6) is 1.32. The minimum atomic E-state index is -3.95. The Morgan fingerprint density at radius 2 is 1.68 bits per heavy atom. The van der Waals surface area contributed by atoms with Crippen molar-refractivity contribution < 1.29 is 18.0 Å². The van der Waals surface area contributed by atoms with Gasteiger partial charge in [0.15, 0.2) is 0 Å². The van der Waals surface area contributed by atoms with E-state index in [-0.39, 0.29) is 22.8 Å². The lowest BCUT2D eigenvalue weighted by Gasteiger charge is -2.57. The fourth-order valence-electron chi connectivity index (χ4n) is 6.56. The highest BCUT2D eigenvalue weighted by atomic mass is 32.2. The smallest absolute Gasteiger partial charge is 0.264 e. The summed E-state index contributed by atoms with van der Waals surface area (Å²) in [6, 6.07) is 5.38. The molecule has 0 aromatic heterocycles. The van der Waals surface area contributed by atoms with Gasteiger partial charge < -0.3 is 10.6 Å². The summed E-state index contributed by atoms with van der Waals surface area (Å²) >= 11 is 0. The number of hydrogen-bond acceptors (Lipinski definition) is 4. The Hall–Kier alpha value is -2.35. The molecule has 4 saturated carbocycles. The van der Waals surface area contributed by atoms with Crippen molar-refractivity contribution in [2.75, 3.05) is 0 Å². The van der Waals surface area contributed by atoms with Crippen molar-refractivity contribution in [2.24, 2.45) is 17.8 Å². The van der Waals surface area contributed by atoms with Crippen LogP contribution in [0.25, 0.3) is 0 Å². The standard InChI is InChI=1S/C23H29N3O4S/c1-15-2-4-19(5-3-15)31(29,30)26-7-6-24-22(28)20(26)11-21(27)25-23-12-16-8-17(13-23)10-18(9-16)14-23/h2-7,16-18,20H,8-14H2,1H3,(H,24,28)(H,25,27)/t16?,17?,18?,20-,23?/m1/s1. The van der Waals surface area contributed by atoms with Crippen LogP contribution in [-0.4, -0.2) is 36.1 Å². The van der Waals surface area contributed by atoms with Gasteiger partial charge in [0, 0.05) is 17.9 Å². The van der Waals surface area contributed by atoms with E-state index in [0.29, 0.717) is 17.8 Å². The summed E-state index contributed by atoms with van der Waals surface area (Å²) < 4.78 is 27.4. The van der Waals surface area contributed by atoms with Gasteiger partial charge >= 0.3 is 0 Å². The molecule has 1 aliphatic heterocycles. The number of carbonyl (C=O) groups excluding carboxylic acids is 2. The fraction of sp³-hybridized carbons (Fsp3) is 0.565. The predicted octanol–water partition coefficient (Wildman–Crippen LogP) is 2.43. The van der Waals surface area contributed by atoms with Gasteiger partial charge in [0.05, 0.1) is 11.3 Å². The molecular weight excluding hydrogens is 414 g/mol. The van der Waals surface area contributed by atoms with Gasteiger partial charge in [-0.05, 0) is 75.3 Å². The first-order valence-corrected chi connectivity index (χ1v) is 12.6. The van der Waals surface area contributed by atoms with E-state index in [9.17, 15) is 18.0 Å². The van der Waals surface area contributed by atoms with Crippen molar-refractivity contribution in [3.63, 3.8) is 0 Å². The molecule has 4 aliphatic carbocycles. The summed E-state index contributed by atoms with van der Waals surface area (Å²) in [4.78, 5) is 25.7. The molecule has 0 saturated heterocycles. The summed E-state index contributed by atoms with van der Waals surface area (Å²) in [6.45, 7) is 1.88. The van der Waals surface area contributed by atoms with Crippen molar-refractivity contribution in [3.05, 3.63) is 42.2 Å². The average molecular weight is 444 g/mol. The van der Waals surface area contributed by atoms with Crippen LogP contribution >= 0.6 is 0 Å². The van der Waals surface area contributed by atoms with Gasteiger partial charge in [-0.25, -0.2) is 8.42 Å². The molecule has 2 N–H and O–H groups in total. The Bertz CT molecular complexity index is 996. The molecule has 1 aromatic carbocycles. The second-order valence-corrected chi connectivity index (χ2v) is 11.8. The molecule has 31 heavy (non-hydrogen) atoms. The van der Waals surface area contributed by atoms with E-state index < -0.39 is 22.0 Å². The molecular formula is C23H29N3O4S. The van der Waals surface area contributed by atoms with E-state index in [1.54, 1.807) is 12.1 Å². The maximum absolute atomic E-state index is 13.2. The zero-order valence-corrected chi connectivity index (χ0v) is 18.5. The molecule has 0 spiro atoms. The maximum Gasteiger partial charge on any atom is 0.264 e. The van der Waals surface area contributed by atoms with Crippen molar-refractivity contribution in [1.29, 1.82) is 0 Å². The number of hydrogen-bond donors (Lipinski definition) is 2. The van der Waals surface area contributed by atoms with Crippen molar-refractivity contribution in [2.45, 2.75) is 68.3 Å². The van der Waals surface area contributed by atoms with Crippen LogP contribution in [0.3, 0.4) is 0 Å². The normalized spacial score (nSPS) is 34.0. The van der Waals surface area contributed by atoms with Gasteiger partial charge in [-0.15, -0.1) is 0 Å². The van der Waals surface area contributed by atoms with Crippen LogP contribution in [0.4, 0.5) is 0 Å². The number of carbonyl (C=O) groups is 2. The molecule has 1 aromatic rings. The van der Waals surface area contributed by atoms with E-state index in [1.807, 2.05) is 6.92 Å². The number of benzene rings is 1. The molecule has 4 fully saturated rings. The van der Waals surface area contributed by atoms with Crippen molar-refractivity contribution in [1.82, 2.24) is 14.9 Å². The lowest BCUT2D eigenvalue weighted by atomic mass is 9.53. The number of nitrogens with zero attached hydrogens (tertiary/aromatic N) is 1. The Balaban J connectivity index is 1.34. The highest BCUT2D eigenvalue weighted by Crippen LogP contribution is 2.55. The molecule has 166 valence electrons. The van der Waals surface area contributed by atoms with E-state index in [2.05, 4.69) is 10.6 Å². The van der Waals surface area contributed by atoms with Crippen LogP contribution in [0.5, 0.6) is 0 Å². The first kappa shape index (κ1) is 20.5. The van der Waals surface area contributed by atoms with E-state index in [1.165, 1.54) is 43.8 Å². The Morgan fingerprint density at radius 3 is 2.26 bits per heavy atom. The zero-order chi connectivity index (χ0) is 21.8. The molecule has 0 unspecified atom stereocenters. The summed E-state index contributed by atoms with van der Waals surface area (Å²) in [7, 11) is -3.95. The maximum atomic E-state index is 13.2. The molecule has 6 rings (SSSR count). The summed E-state index contributed by atoms with van der Waals surface area (Å²) in [5, 5.41) is 5.80. The minimum absolute atomic E-state index is 0.101. The summed E-state index contributed by atoms with van der Waals surface area (Å²) in [6.07, 6.45) is 9.28. The first-order chi connectivity index (χ1) is 14.7. The molecule has 8 heteroatoms. The highest BCUT2D eigenvalue weighted by Gasteiger charge is 2.51. The van der Waals surface area contributed by atoms with Crippen LogP contribution in [0.2, 0.25) is 0 Å². The summed E-state index contributed by atoms with van der Waals surface area (Å²) in [5.41, 5.74) is 0.769. The molecule has 0 radical (unpaired) electrons. The van der Waals surface area contributed by atoms with Crippen molar-refractivity contribution in [3.8, 4) is 0 Å². The van der Waals surface area contributed by atoms with Gasteiger partial charge in [0.1, 0.15) is 6.04 Å². The molecule has 1 heterocycles. The van der Waals surface area contributed by atoms with Gasteiger partial charge in [0.2, 0.25) is 11.8 Å². The number of aryl methyl sites for hydroxylation is 1.